The van der Waals surface area contributed by atoms with Crippen molar-refractivity contribution in [3.63, 3.8) is 0 Å². The normalized spacial score (nSPS) is 22.0. The Balaban J connectivity index is 2.02. The van der Waals surface area contributed by atoms with Crippen molar-refractivity contribution in [2.24, 2.45) is 11.8 Å². The number of hydrogen-bond acceptors (Lipinski definition) is 6. The Hall–Kier alpha value is -1.55. The number of ether oxygens (including phenoxy) is 1. The fourth-order valence-electron chi connectivity index (χ4n) is 4.59. The topological polar surface area (TPSA) is 83.9 Å². The Morgan fingerprint density at radius 2 is 2.00 bits per heavy atom. The molecule has 3 rings (SSSR count). The molecule has 0 spiro atoms. The molecular weight excluding hydrogens is 472 g/mol. The summed E-state index contributed by atoms with van der Waals surface area (Å²) >= 11 is 1.40. The van der Waals surface area contributed by atoms with Crippen LogP contribution in [0.15, 0.2) is 21.9 Å². The first-order chi connectivity index (χ1) is 15.4. The molecule has 0 unspecified atom stereocenters. The minimum Gasteiger partial charge on any atom is -0.491 e. The molecule has 2 aliphatic rings. The number of sulfone groups is 1. The number of fused-ring (bicyclic) bond motifs is 1. The summed E-state index contributed by atoms with van der Waals surface area (Å²) in [5.74, 6) is -4.83. The fraction of sp³-hybridized carbons (Fsp3) is 0.696. The van der Waals surface area contributed by atoms with Gasteiger partial charge in [0, 0.05) is 25.1 Å². The van der Waals surface area contributed by atoms with E-state index in [1.165, 1.54) is 24.8 Å². The first kappa shape index (κ1) is 26.1. The molecule has 1 aromatic rings. The number of thioether (sulfide) groups is 1. The van der Waals surface area contributed by atoms with Gasteiger partial charge in [0.2, 0.25) is 5.92 Å². The van der Waals surface area contributed by atoms with Crippen molar-refractivity contribution in [3.05, 3.63) is 12.1 Å². The van der Waals surface area contributed by atoms with Crippen LogP contribution >= 0.6 is 11.8 Å². The average molecular weight is 506 g/mol. The second-order valence-corrected chi connectivity index (χ2v) is 12.2. The largest absolute Gasteiger partial charge is 0.491 e. The van der Waals surface area contributed by atoms with Crippen molar-refractivity contribution in [2.45, 2.75) is 74.1 Å². The number of carboxylic acid groups (broad SMARTS) is 1. The number of anilines is 1. The van der Waals surface area contributed by atoms with E-state index in [0.29, 0.717) is 18.0 Å². The lowest BCUT2D eigenvalue weighted by Crippen LogP contribution is -2.37. The van der Waals surface area contributed by atoms with Crippen LogP contribution in [0.3, 0.4) is 0 Å². The van der Waals surface area contributed by atoms with Gasteiger partial charge in [-0.3, -0.25) is 4.79 Å². The van der Waals surface area contributed by atoms with Gasteiger partial charge < -0.3 is 14.7 Å². The lowest BCUT2D eigenvalue weighted by molar-refractivity contribution is -0.142. The van der Waals surface area contributed by atoms with Crippen LogP contribution in [0.4, 0.5) is 14.5 Å². The zero-order chi connectivity index (χ0) is 24.4. The van der Waals surface area contributed by atoms with E-state index < -0.39 is 33.6 Å². The fourth-order valence-corrected chi connectivity index (χ4v) is 6.99. The highest BCUT2D eigenvalue weighted by Crippen LogP contribution is 2.43. The molecule has 10 heteroatoms. The number of alkyl halides is 2. The summed E-state index contributed by atoms with van der Waals surface area (Å²) in [6.07, 6.45) is 5.65. The van der Waals surface area contributed by atoms with E-state index >= 15 is 0 Å². The van der Waals surface area contributed by atoms with Crippen LogP contribution in [-0.2, 0) is 14.6 Å². The third kappa shape index (κ3) is 6.53. The molecule has 2 atom stereocenters. The van der Waals surface area contributed by atoms with E-state index in [1.54, 1.807) is 0 Å². The molecule has 1 aromatic carbocycles. The quantitative estimate of drug-likeness (QED) is 0.468. The molecule has 1 heterocycles. The minimum absolute atomic E-state index is 0.0811. The van der Waals surface area contributed by atoms with Gasteiger partial charge in [0.05, 0.1) is 27.1 Å². The SMILES string of the molecule is CSc1cc2c(cc1OC[C@@H](C)C(=O)O)S(=O)(=O)C[C@H](CCC(C)(F)F)CN2C1CCCC1. The summed E-state index contributed by atoms with van der Waals surface area (Å²) in [5, 5.41) is 9.15. The molecule has 1 N–H and O–H groups in total. The molecule has 1 aliphatic carbocycles. The second kappa shape index (κ2) is 10.4. The number of rotatable bonds is 9. The van der Waals surface area contributed by atoms with E-state index in [1.807, 2.05) is 12.3 Å². The van der Waals surface area contributed by atoms with Gasteiger partial charge in [-0.05, 0) is 51.3 Å². The highest BCUT2D eigenvalue weighted by molar-refractivity contribution is 7.98. The van der Waals surface area contributed by atoms with Crippen LogP contribution in [0.2, 0.25) is 0 Å². The number of carboxylic acids is 1. The summed E-state index contributed by atoms with van der Waals surface area (Å²) in [7, 11) is -3.75. The third-order valence-electron chi connectivity index (χ3n) is 6.47. The zero-order valence-electron chi connectivity index (χ0n) is 19.4. The third-order valence-corrected chi connectivity index (χ3v) is 9.13. The van der Waals surface area contributed by atoms with Crippen LogP contribution in [0, 0.1) is 11.8 Å². The maximum absolute atomic E-state index is 13.6. The van der Waals surface area contributed by atoms with E-state index in [9.17, 15) is 22.0 Å². The van der Waals surface area contributed by atoms with E-state index in [-0.39, 0.29) is 36.1 Å². The van der Waals surface area contributed by atoms with Gasteiger partial charge in [-0.2, -0.15) is 0 Å². The molecule has 186 valence electrons. The molecule has 1 aliphatic heterocycles. The number of halogens is 2. The smallest absolute Gasteiger partial charge is 0.309 e. The van der Waals surface area contributed by atoms with Gasteiger partial charge in [-0.1, -0.05) is 12.8 Å². The Bertz CT molecular complexity index is 958. The Morgan fingerprint density at radius 3 is 2.58 bits per heavy atom. The van der Waals surface area contributed by atoms with Crippen LogP contribution < -0.4 is 9.64 Å². The minimum atomic E-state index is -3.75. The van der Waals surface area contributed by atoms with Crippen molar-refractivity contribution in [1.29, 1.82) is 0 Å². The standard InChI is InChI=1S/C23H33F2NO5S2/c1-15(22(27)28)13-31-19-11-21-18(10-20(19)32-3)26(17-6-4-5-7-17)12-16(14-33(21,29)30)8-9-23(2,24)25/h10-11,15-17H,4-9,12-14H2,1-3H3,(H,27,28)/t15-,16-/m1/s1. The van der Waals surface area contributed by atoms with Gasteiger partial charge in [0.15, 0.2) is 9.84 Å². The molecule has 0 radical (unpaired) electrons. The number of benzene rings is 1. The maximum Gasteiger partial charge on any atom is 0.309 e. The lowest BCUT2D eigenvalue weighted by Gasteiger charge is -2.33. The molecular formula is C23H33F2NO5S2. The Kier molecular flexibility index (Phi) is 8.19. The van der Waals surface area contributed by atoms with Crippen molar-refractivity contribution in [1.82, 2.24) is 0 Å². The van der Waals surface area contributed by atoms with E-state index in [2.05, 4.69) is 4.90 Å². The average Bonchev–Trinajstić information content (AvgIpc) is 3.23. The first-order valence-electron chi connectivity index (χ1n) is 11.4. The van der Waals surface area contributed by atoms with Crippen LogP contribution in [-0.4, -0.2) is 56.6 Å². The van der Waals surface area contributed by atoms with Gasteiger partial charge in [-0.15, -0.1) is 11.8 Å². The van der Waals surface area contributed by atoms with Crippen LogP contribution in [0.5, 0.6) is 5.75 Å². The molecule has 33 heavy (non-hydrogen) atoms. The van der Waals surface area contributed by atoms with Crippen molar-refractivity contribution >= 4 is 33.3 Å². The number of aliphatic carboxylic acids is 1. The lowest BCUT2D eigenvalue weighted by atomic mass is 10.0. The maximum atomic E-state index is 13.6. The summed E-state index contributed by atoms with van der Waals surface area (Å²) < 4.78 is 59.7. The van der Waals surface area contributed by atoms with Gasteiger partial charge >= 0.3 is 5.97 Å². The highest BCUT2D eigenvalue weighted by atomic mass is 32.2. The second-order valence-electron chi connectivity index (χ2n) is 9.37. The molecule has 1 saturated carbocycles. The van der Waals surface area contributed by atoms with Crippen LogP contribution in [0.1, 0.15) is 52.4 Å². The van der Waals surface area contributed by atoms with Crippen molar-refractivity contribution in [2.75, 3.05) is 30.1 Å². The van der Waals surface area contributed by atoms with Gasteiger partial charge in [-0.25, -0.2) is 17.2 Å². The van der Waals surface area contributed by atoms with Gasteiger partial charge in [0.25, 0.3) is 0 Å². The van der Waals surface area contributed by atoms with E-state index in [0.717, 1.165) is 37.5 Å². The summed E-state index contributed by atoms with van der Waals surface area (Å²) in [5.41, 5.74) is 0.607. The highest BCUT2D eigenvalue weighted by Gasteiger charge is 2.37. The summed E-state index contributed by atoms with van der Waals surface area (Å²) in [6, 6.07) is 3.49. The van der Waals surface area contributed by atoms with Crippen molar-refractivity contribution < 1.29 is 31.8 Å². The number of carbonyl (C=O) groups is 1. The Morgan fingerprint density at radius 1 is 1.33 bits per heavy atom. The monoisotopic (exact) mass is 505 g/mol. The van der Waals surface area contributed by atoms with E-state index in [4.69, 9.17) is 9.84 Å². The predicted octanol–water partition coefficient (Wildman–Crippen LogP) is 5.10. The number of nitrogens with zero attached hydrogens (tertiary/aromatic N) is 1. The number of hydrogen-bond donors (Lipinski definition) is 1. The Labute approximate surface area is 199 Å². The van der Waals surface area contributed by atoms with Crippen molar-refractivity contribution in [3.8, 4) is 5.75 Å². The molecule has 0 aromatic heterocycles. The summed E-state index contributed by atoms with van der Waals surface area (Å²) in [6.45, 7) is 2.74. The summed E-state index contributed by atoms with van der Waals surface area (Å²) in [4.78, 5) is 14.2. The van der Waals surface area contributed by atoms with Crippen LogP contribution in [0.25, 0.3) is 0 Å². The molecule has 1 fully saturated rings. The molecule has 0 amide bonds. The molecule has 6 nitrogen and oxygen atoms in total. The first-order valence-corrected chi connectivity index (χ1v) is 14.2. The predicted molar refractivity (Wildman–Crippen MR) is 126 cm³/mol. The van der Waals surface area contributed by atoms with Gasteiger partial charge in [0.1, 0.15) is 12.4 Å². The molecule has 0 saturated heterocycles. The molecule has 0 bridgehead atoms. The zero-order valence-corrected chi connectivity index (χ0v) is 21.0.